The predicted octanol–water partition coefficient (Wildman–Crippen LogP) is 1.89. The highest BCUT2D eigenvalue weighted by atomic mass is 32.1. The number of nitrogens with two attached hydrogens (primary N) is 1. The van der Waals surface area contributed by atoms with Gasteiger partial charge in [-0.25, -0.2) is 9.67 Å². The molecule has 0 saturated carbocycles. The third kappa shape index (κ3) is 3.10. The monoisotopic (exact) mass is 251 g/mol. The zero-order valence-corrected chi connectivity index (χ0v) is 10.9. The summed E-state index contributed by atoms with van der Waals surface area (Å²) >= 11 is 1.65. The maximum atomic E-state index is 5.99. The van der Waals surface area contributed by atoms with Gasteiger partial charge in [-0.3, -0.25) is 0 Å². The number of nitrogens with zero attached hydrogens (tertiary/aromatic N) is 4. The molecule has 2 aromatic rings. The third-order valence-electron chi connectivity index (χ3n) is 2.53. The van der Waals surface area contributed by atoms with E-state index in [1.807, 2.05) is 18.5 Å². The molecule has 0 aliphatic heterocycles. The number of aryl methyl sites for hydroxylation is 1. The summed E-state index contributed by atoms with van der Waals surface area (Å²) in [4.78, 5) is 4.40. The average molecular weight is 251 g/mol. The summed E-state index contributed by atoms with van der Waals surface area (Å²) < 4.78 is 1.79. The summed E-state index contributed by atoms with van der Waals surface area (Å²) in [5.74, 6) is 0. The summed E-state index contributed by atoms with van der Waals surface area (Å²) in [6, 6.07) is -0.00841. The highest BCUT2D eigenvalue weighted by molar-refractivity contribution is 7.09. The topological polar surface area (TPSA) is 69.6 Å². The molecule has 0 radical (unpaired) electrons. The SMILES string of the molecule is CCCC(N)c1cn(Cc2csc(C)n2)nn1. The summed E-state index contributed by atoms with van der Waals surface area (Å²) in [6.45, 7) is 4.77. The summed E-state index contributed by atoms with van der Waals surface area (Å²) in [6.07, 6.45) is 3.91. The normalized spacial score (nSPS) is 12.9. The number of aromatic nitrogens is 4. The van der Waals surface area contributed by atoms with Crippen molar-refractivity contribution in [3.63, 3.8) is 0 Å². The Morgan fingerprint density at radius 2 is 2.35 bits per heavy atom. The van der Waals surface area contributed by atoms with Gasteiger partial charge in [0.25, 0.3) is 0 Å². The molecule has 0 bridgehead atoms. The molecule has 17 heavy (non-hydrogen) atoms. The second-order valence-electron chi connectivity index (χ2n) is 4.09. The van der Waals surface area contributed by atoms with Crippen molar-refractivity contribution >= 4 is 11.3 Å². The van der Waals surface area contributed by atoms with Crippen LogP contribution in [0.25, 0.3) is 0 Å². The van der Waals surface area contributed by atoms with Gasteiger partial charge in [0.1, 0.15) is 0 Å². The van der Waals surface area contributed by atoms with Crippen LogP contribution in [0.5, 0.6) is 0 Å². The Morgan fingerprint density at radius 3 is 3.00 bits per heavy atom. The van der Waals surface area contributed by atoms with Crippen LogP contribution < -0.4 is 5.73 Å². The highest BCUT2D eigenvalue weighted by Crippen LogP contribution is 2.13. The van der Waals surface area contributed by atoms with Crippen LogP contribution in [0.2, 0.25) is 0 Å². The zero-order valence-electron chi connectivity index (χ0n) is 10.1. The van der Waals surface area contributed by atoms with Crippen LogP contribution in [-0.4, -0.2) is 20.0 Å². The van der Waals surface area contributed by atoms with Crippen LogP contribution in [0.1, 0.15) is 42.2 Å². The van der Waals surface area contributed by atoms with E-state index in [1.165, 1.54) is 0 Å². The molecule has 0 aliphatic carbocycles. The highest BCUT2D eigenvalue weighted by Gasteiger charge is 2.10. The quantitative estimate of drug-likeness (QED) is 0.881. The van der Waals surface area contributed by atoms with Gasteiger partial charge in [0.15, 0.2) is 0 Å². The number of hydrogen-bond acceptors (Lipinski definition) is 5. The van der Waals surface area contributed by atoms with E-state index in [9.17, 15) is 0 Å². The van der Waals surface area contributed by atoms with E-state index in [-0.39, 0.29) is 6.04 Å². The van der Waals surface area contributed by atoms with E-state index in [2.05, 4.69) is 22.2 Å². The smallest absolute Gasteiger partial charge is 0.0994 e. The van der Waals surface area contributed by atoms with Crippen LogP contribution in [0.15, 0.2) is 11.6 Å². The standard InChI is InChI=1S/C11H17N5S/c1-3-4-10(12)11-6-16(15-14-11)5-9-7-17-8(2)13-9/h6-7,10H,3-5,12H2,1-2H3. The Balaban J connectivity index is 2.03. The minimum absolute atomic E-state index is 0.00841. The van der Waals surface area contributed by atoms with Crippen LogP contribution in [-0.2, 0) is 6.54 Å². The van der Waals surface area contributed by atoms with Gasteiger partial charge in [0, 0.05) is 5.38 Å². The lowest BCUT2D eigenvalue weighted by atomic mass is 10.1. The van der Waals surface area contributed by atoms with Gasteiger partial charge in [0.2, 0.25) is 0 Å². The van der Waals surface area contributed by atoms with Gasteiger partial charge in [-0.15, -0.1) is 16.4 Å². The Kier molecular flexibility index (Phi) is 3.86. The van der Waals surface area contributed by atoms with Crippen molar-refractivity contribution < 1.29 is 0 Å². The lowest BCUT2D eigenvalue weighted by molar-refractivity contribution is 0.616. The van der Waals surface area contributed by atoms with E-state index in [4.69, 9.17) is 5.73 Å². The molecule has 0 aromatic carbocycles. The molecule has 0 aliphatic rings. The predicted molar refractivity (Wildman–Crippen MR) is 67.8 cm³/mol. The van der Waals surface area contributed by atoms with E-state index in [0.717, 1.165) is 29.2 Å². The van der Waals surface area contributed by atoms with Crippen molar-refractivity contribution in [1.82, 2.24) is 20.0 Å². The Morgan fingerprint density at radius 1 is 1.53 bits per heavy atom. The Hall–Kier alpha value is -1.27. The average Bonchev–Trinajstić information content (AvgIpc) is 2.89. The summed E-state index contributed by atoms with van der Waals surface area (Å²) in [7, 11) is 0. The largest absolute Gasteiger partial charge is 0.323 e. The molecule has 1 unspecified atom stereocenters. The minimum atomic E-state index is -0.00841. The van der Waals surface area contributed by atoms with Crippen molar-refractivity contribution in [2.45, 2.75) is 39.3 Å². The second kappa shape index (κ2) is 5.37. The molecular formula is C11H17N5S. The van der Waals surface area contributed by atoms with E-state index in [0.29, 0.717) is 6.54 Å². The number of thiazole rings is 1. The first-order chi connectivity index (χ1) is 8.19. The van der Waals surface area contributed by atoms with Crippen LogP contribution in [0, 0.1) is 6.92 Å². The first-order valence-electron chi connectivity index (χ1n) is 5.75. The lowest BCUT2D eigenvalue weighted by Gasteiger charge is -2.04. The van der Waals surface area contributed by atoms with Gasteiger partial charge in [-0.05, 0) is 13.3 Å². The summed E-state index contributed by atoms with van der Waals surface area (Å²) in [5.41, 5.74) is 7.87. The minimum Gasteiger partial charge on any atom is -0.323 e. The molecule has 92 valence electrons. The van der Waals surface area contributed by atoms with Crippen molar-refractivity contribution in [3.05, 3.63) is 28.0 Å². The fraction of sp³-hybridized carbons (Fsp3) is 0.545. The molecule has 0 spiro atoms. The van der Waals surface area contributed by atoms with Crippen LogP contribution >= 0.6 is 11.3 Å². The zero-order chi connectivity index (χ0) is 12.3. The fourth-order valence-corrected chi connectivity index (χ4v) is 2.27. The van der Waals surface area contributed by atoms with Crippen molar-refractivity contribution in [1.29, 1.82) is 0 Å². The first kappa shape index (κ1) is 12.2. The van der Waals surface area contributed by atoms with Gasteiger partial charge >= 0.3 is 0 Å². The molecule has 2 heterocycles. The molecular weight excluding hydrogens is 234 g/mol. The number of rotatable bonds is 5. The maximum absolute atomic E-state index is 5.99. The van der Waals surface area contributed by atoms with E-state index < -0.39 is 0 Å². The molecule has 5 nitrogen and oxygen atoms in total. The molecule has 2 N–H and O–H groups in total. The molecule has 6 heteroatoms. The number of hydrogen-bond donors (Lipinski definition) is 1. The molecule has 2 aromatic heterocycles. The van der Waals surface area contributed by atoms with E-state index >= 15 is 0 Å². The van der Waals surface area contributed by atoms with Crippen LogP contribution in [0.3, 0.4) is 0 Å². The second-order valence-corrected chi connectivity index (χ2v) is 5.16. The van der Waals surface area contributed by atoms with Crippen LogP contribution in [0.4, 0.5) is 0 Å². The van der Waals surface area contributed by atoms with Gasteiger partial charge in [-0.1, -0.05) is 18.6 Å². The first-order valence-corrected chi connectivity index (χ1v) is 6.63. The van der Waals surface area contributed by atoms with Crippen molar-refractivity contribution in [3.8, 4) is 0 Å². The molecule has 1 atom stereocenters. The summed E-state index contributed by atoms with van der Waals surface area (Å²) in [5, 5.41) is 11.3. The molecule has 2 rings (SSSR count). The maximum Gasteiger partial charge on any atom is 0.0994 e. The Labute approximate surface area is 105 Å². The van der Waals surface area contributed by atoms with Gasteiger partial charge < -0.3 is 5.73 Å². The molecule has 0 fully saturated rings. The molecule has 0 saturated heterocycles. The Bertz CT molecular complexity index is 476. The lowest BCUT2D eigenvalue weighted by Crippen LogP contribution is -2.10. The third-order valence-corrected chi connectivity index (χ3v) is 3.35. The van der Waals surface area contributed by atoms with Crippen molar-refractivity contribution in [2.24, 2.45) is 5.73 Å². The molecule has 0 amide bonds. The van der Waals surface area contributed by atoms with E-state index in [1.54, 1.807) is 16.0 Å². The van der Waals surface area contributed by atoms with Crippen molar-refractivity contribution in [2.75, 3.05) is 0 Å². The van der Waals surface area contributed by atoms with Gasteiger partial charge in [0.05, 0.1) is 35.2 Å². The fourth-order valence-electron chi connectivity index (χ4n) is 1.67. The van der Waals surface area contributed by atoms with Gasteiger partial charge in [-0.2, -0.15) is 0 Å².